The zero-order valence-electron chi connectivity index (χ0n) is 17.3. The minimum Gasteiger partial charge on any atom is -0.480 e. The number of carbonyl (C=O) groups is 3. The molecule has 1 heterocycles. The van der Waals surface area contributed by atoms with Crippen molar-refractivity contribution >= 4 is 17.8 Å². The Morgan fingerprint density at radius 1 is 1.11 bits per heavy atom. The van der Waals surface area contributed by atoms with E-state index in [0.717, 1.165) is 19.3 Å². The van der Waals surface area contributed by atoms with E-state index in [2.05, 4.69) is 5.32 Å². The summed E-state index contributed by atoms with van der Waals surface area (Å²) in [5, 5.41) is 12.6. The molecule has 3 atom stereocenters. The van der Waals surface area contributed by atoms with Gasteiger partial charge in [-0.25, -0.2) is 4.79 Å². The second-order valence-electron chi connectivity index (χ2n) is 8.16. The van der Waals surface area contributed by atoms with Gasteiger partial charge in [-0.15, -0.1) is 0 Å². The molecule has 2 aliphatic rings. The molecule has 1 unspecified atom stereocenters. The predicted molar refractivity (Wildman–Crippen MR) is 106 cm³/mol. The molecule has 2 rings (SSSR count). The van der Waals surface area contributed by atoms with E-state index in [1.165, 1.54) is 37.0 Å². The van der Waals surface area contributed by atoms with E-state index in [-0.39, 0.29) is 11.9 Å². The number of amides is 1. The van der Waals surface area contributed by atoms with Crippen molar-refractivity contribution in [1.29, 1.82) is 0 Å². The molecular weight excluding hydrogens is 360 g/mol. The monoisotopic (exact) mass is 396 g/mol. The van der Waals surface area contributed by atoms with Crippen LogP contribution in [0.1, 0.15) is 78.1 Å². The number of hydrogen-bond acceptors (Lipinski definition) is 5. The van der Waals surface area contributed by atoms with Crippen LogP contribution in [0.5, 0.6) is 0 Å². The van der Waals surface area contributed by atoms with Crippen molar-refractivity contribution in [2.24, 2.45) is 5.92 Å². The highest BCUT2D eigenvalue weighted by molar-refractivity contribution is 5.87. The topological polar surface area (TPSA) is 95.9 Å². The van der Waals surface area contributed by atoms with Crippen molar-refractivity contribution in [3.8, 4) is 0 Å². The fourth-order valence-corrected chi connectivity index (χ4v) is 4.46. The Morgan fingerprint density at radius 2 is 1.79 bits per heavy atom. The molecule has 1 aliphatic heterocycles. The van der Waals surface area contributed by atoms with Crippen LogP contribution < -0.4 is 5.32 Å². The first-order valence-corrected chi connectivity index (χ1v) is 10.9. The third-order valence-electron chi connectivity index (χ3n) is 6.05. The molecule has 1 saturated heterocycles. The first-order chi connectivity index (χ1) is 13.4. The van der Waals surface area contributed by atoms with Crippen LogP contribution in [-0.2, 0) is 19.1 Å². The number of carboxylic acids is 1. The number of hydrogen-bond donors (Lipinski definition) is 2. The standard InChI is InChI=1S/C21H36N2O5/c1-3-28-21(27)17(13-12-16-9-5-4-6-10-16)22-15(2)19(24)23-14-8-7-11-18(23)20(25)26/h15-18,22H,3-14H2,1-2H3,(H,25,26)/t15-,17?,18-/m0/s1. The molecule has 1 amide bonds. The van der Waals surface area contributed by atoms with Crippen molar-refractivity contribution in [2.45, 2.75) is 96.2 Å². The summed E-state index contributed by atoms with van der Waals surface area (Å²) in [7, 11) is 0. The number of esters is 1. The number of rotatable bonds is 9. The Bertz CT molecular complexity index is 533. The van der Waals surface area contributed by atoms with Crippen LogP contribution in [-0.4, -0.2) is 59.1 Å². The molecule has 0 aromatic carbocycles. The fraction of sp³-hybridized carbons (Fsp3) is 0.857. The number of nitrogens with zero attached hydrogens (tertiary/aromatic N) is 1. The van der Waals surface area contributed by atoms with Gasteiger partial charge in [0.1, 0.15) is 12.1 Å². The lowest BCUT2D eigenvalue weighted by atomic mass is 9.85. The van der Waals surface area contributed by atoms with Gasteiger partial charge in [0, 0.05) is 6.54 Å². The van der Waals surface area contributed by atoms with Crippen LogP contribution in [0.15, 0.2) is 0 Å². The maximum atomic E-state index is 12.9. The summed E-state index contributed by atoms with van der Waals surface area (Å²) in [4.78, 5) is 38.2. The highest BCUT2D eigenvalue weighted by Gasteiger charge is 2.35. The number of aliphatic carboxylic acids is 1. The summed E-state index contributed by atoms with van der Waals surface area (Å²) < 4.78 is 5.21. The largest absolute Gasteiger partial charge is 0.480 e. The summed E-state index contributed by atoms with van der Waals surface area (Å²) in [6, 6.07) is -1.93. The zero-order chi connectivity index (χ0) is 20.5. The Hall–Kier alpha value is -1.63. The van der Waals surface area contributed by atoms with E-state index < -0.39 is 24.1 Å². The van der Waals surface area contributed by atoms with E-state index in [4.69, 9.17) is 4.74 Å². The molecule has 160 valence electrons. The molecule has 1 saturated carbocycles. The molecule has 7 nitrogen and oxygen atoms in total. The first-order valence-electron chi connectivity index (χ1n) is 10.9. The van der Waals surface area contributed by atoms with Gasteiger partial charge in [0.25, 0.3) is 0 Å². The van der Waals surface area contributed by atoms with Gasteiger partial charge in [0.15, 0.2) is 0 Å². The van der Waals surface area contributed by atoms with E-state index in [1.54, 1.807) is 13.8 Å². The van der Waals surface area contributed by atoms with Gasteiger partial charge in [-0.1, -0.05) is 32.1 Å². The van der Waals surface area contributed by atoms with Crippen LogP contribution in [0.25, 0.3) is 0 Å². The SMILES string of the molecule is CCOC(=O)C(CCC1CCCCC1)N[C@@H](C)C(=O)N1CCCC[C@H]1C(=O)O. The van der Waals surface area contributed by atoms with Gasteiger partial charge in [0.2, 0.25) is 5.91 Å². The molecule has 0 spiro atoms. The summed E-state index contributed by atoms with van der Waals surface area (Å²) in [5.41, 5.74) is 0. The van der Waals surface area contributed by atoms with Gasteiger partial charge >= 0.3 is 11.9 Å². The summed E-state index contributed by atoms with van der Waals surface area (Å²) >= 11 is 0. The number of nitrogens with one attached hydrogen (secondary N) is 1. The maximum Gasteiger partial charge on any atom is 0.326 e. The van der Waals surface area contributed by atoms with Crippen molar-refractivity contribution in [1.82, 2.24) is 10.2 Å². The average Bonchev–Trinajstić information content (AvgIpc) is 2.71. The van der Waals surface area contributed by atoms with Crippen LogP contribution in [0.3, 0.4) is 0 Å². The van der Waals surface area contributed by atoms with E-state index >= 15 is 0 Å². The molecule has 2 N–H and O–H groups in total. The van der Waals surface area contributed by atoms with Crippen LogP contribution in [0.4, 0.5) is 0 Å². The van der Waals surface area contributed by atoms with Gasteiger partial charge in [-0.05, 0) is 51.9 Å². The zero-order valence-corrected chi connectivity index (χ0v) is 17.3. The highest BCUT2D eigenvalue weighted by Crippen LogP contribution is 2.28. The summed E-state index contributed by atoms with van der Waals surface area (Å²) in [6.45, 7) is 4.24. The van der Waals surface area contributed by atoms with Gasteiger partial charge in [0.05, 0.1) is 12.6 Å². The van der Waals surface area contributed by atoms with Gasteiger partial charge in [-0.2, -0.15) is 0 Å². The molecule has 0 aromatic heterocycles. The Morgan fingerprint density at radius 3 is 2.43 bits per heavy atom. The summed E-state index contributed by atoms with van der Waals surface area (Å²) in [5.74, 6) is -0.901. The third kappa shape index (κ3) is 6.47. The molecule has 0 bridgehead atoms. The highest BCUT2D eigenvalue weighted by atomic mass is 16.5. The second kappa shape index (κ2) is 11.4. The summed E-state index contributed by atoms with van der Waals surface area (Å²) in [6.07, 6.45) is 9.91. The maximum absolute atomic E-state index is 12.9. The lowest BCUT2D eigenvalue weighted by molar-refractivity contribution is -0.153. The second-order valence-corrected chi connectivity index (χ2v) is 8.16. The molecular formula is C21H36N2O5. The Kier molecular flexibility index (Phi) is 9.22. The van der Waals surface area contributed by atoms with Crippen molar-refractivity contribution < 1.29 is 24.2 Å². The molecule has 0 radical (unpaired) electrons. The minimum atomic E-state index is -0.959. The fourth-order valence-electron chi connectivity index (χ4n) is 4.46. The van der Waals surface area contributed by atoms with Crippen LogP contribution in [0.2, 0.25) is 0 Å². The number of likely N-dealkylation sites (tertiary alicyclic amines) is 1. The molecule has 2 fully saturated rings. The van der Waals surface area contributed by atoms with E-state index in [1.807, 2.05) is 0 Å². The Balaban J connectivity index is 1.96. The lowest BCUT2D eigenvalue weighted by Crippen LogP contribution is -2.56. The number of carbonyl (C=O) groups excluding carboxylic acids is 2. The molecule has 1 aliphatic carbocycles. The first kappa shape index (κ1) is 22.7. The molecule has 7 heteroatoms. The minimum absolute atomic E-state index is 0.251. The number of ether oxygens (including phenoxy) is 1. The van der Waals surface area contributed by atoms with Crippen molar-refractivity contribution in [3.63, 3.8) is 0 Å². The van der Waals surface area contributed by atoms with E-state index in [0.29, 0.717) is 31.9 Å². The lowest BCUT2D eigenvalue weighted by Gasteiger charge is -2.35. The third-order valence-corrected chi connectivity index (χ3v) is 6.05. The number of carboxylic acid groups (broad SMARTS) is 1. The molecule has 28 heavy (non-hydrogen) atoms. The van der Waals surface area contributed by atoms with Crippen molar-refractivity contribution in [2.75, 3.05) is 13.2 Å². The van der Waals surface area contributed by atoms with Crippen LogP contribution >= 0.6 is 0 Å². The van der Waals surface area contributed by atoms with Crippen LogP contribution in [0, 0.1) is 5.92 Å². The molecule has 0 aromatic rings. The smallest absolute Gasteiger partial charge is 0.326 e. The van der Waals surface area contributed by atoms with Gasteiger partial charge < -0.3 is 14.7 Å². The normalized spacial score (nSPS) is 23.1. The quantitative estimate of drug-likeness (QED) is 0.582. The van der Waals surface area contributed by atoms with Gasteiger partial charge in [-0.3, -0.25) is 14.9 Å². The number of piperidine rings is 1. The van der Waals surface area contributed by atoms with E-state index in [9.17, 15) is 19.5 Å². The average molecular weight is 397 g/mol. The Labute approximate surface area is 168 Å². The van der Waals surface area contributed by atoms with Crippen molar-refractivity contribution in [3.05, 3.63) is 0 Å². The predicted octanol–water partition coefficient (Wildman–Crippen LogP) is 2.72.